The molecule has 0 saturated carbocycles. The number of sulfonamides is 3. The van der Waals surface area contributed by atoms with Crippen LogP contribution >= 0.6 is 89.3 Å². The largest absolute Gasteiger partial charge is 0.494 e. The van der Waals surface area contributed by atoms with E-state index in [4.69, 9.17) is 44.1 Å². The van der Waals surface area contributed by atoms with Crippen LogP contribution in [0.3, 0.4) is 0 Å². The number of benzene rings is 5. The zero-order valence-electron chi connectivity index (χ0n) is 54.5. The van der Waals surface area contributed by atoms with Crippen molar-refractivity contribution >= 4 is 197 Å². The first-order valence-corrected chi connectivity index (χ1v) is 38.1. The normalized spacial score (nSPS) is 13.6. The van der Waals surface area contributed by atoms with Crippen LogP contribution in [0.5, 0.6) is 0 Å². The van der Waals surface area contributed by atoms with Crippen molar-refractivity contribution in [3.63, 3.8) is 0 Å². The monoisotopic (exact) mass is 1630 g/mol. The van der Waals surface area contributed by atoms with Crippen LogP contribution in [-0.2, 0) is 60.2 Å². The highest BCUT2D eigenvalue weighted by Crippen LogP contribution is 2.38. The number of nitrogens with zero attached hydrogens (tertiary/aromatic N) is 5. The van der Waals surface area contributed by atoms with Gasteiger partial charge in [0.05, 0.1) is 74.6 Å². The Hall–Kier alpha value is -7.08. The van der Waals surface area contributed by atoms with E-state index in [9.17, 15) is 49.9 Å². The minimum atomic E-state index is -3.94. The summed E-state index contributed by atoms with van der Waals surface area (Å²) in [6.07, 6.45) is 4.48. The molecule has 10 aromatic rings. The van der Waals surface area contributed by atoms with Crippen LogP contribution < -0.4 is 30.3 Å². The second kappa shape index (κ2) is 31.0. The fourth-order valence-electron chi connectivity index (χ4n) is 8.81. The molecule has 1 aliphatic rings. The lowest BCUT2D eigenvalue weighted by Gasteiger charge is -2.32. The number of halogens is 5. The molecule has 0 unspecified atom stereocenters. The number of carbonyl (C=O) groups is 3. The molecule has 0 bridgehead atoms. The second-order valence-electron chi connectivity index (χ2n) is 24.0. The molecule has 1 saturated heterocycles. The molecule has 11 rings (SSSR count). The van der Waals surface area contributed by atoms with Gasteiger partial charge in [-0.3, -0.25) is 28.5 Å². The van der Waals surface area contributed by atoms with E-state index < -0.39 is 41.3 Å². The number of thiazole rings is 2. The summed E-state index contributed by atoms with van der Waals surface area (Å²) >= 11 is 27.1. The molecule has 2 amide bonds. The predicted molar refractivity (Wildman–Crippen MR) is 398 cm³/mol. The van der Waals surface area contributed by atoms with Gasteiger partial charge in [-0.15, -0.1) is 0 Å². The number of ketones is 1. The Balaban J connectivity index is 0.000000172. The van der Waals surface area contributed by atoms with E-state index in [0.717, 1.165) is 31.5 Å². The van der Waals surface area contributed by atoms with Gasteiger partial charge in [0.25, 0.3) is 30.1 Å². The average Bonchev–Trinajstić information content (AvgIpc) is 1.63. The summed E-state index contributed by atoms with van der Waals surface area (Å²) in [6, 6.07) is 33.7. The molecule has 6 heterocycles. The lowest BCUT2D eigenvalue weighted by atomic mass is 9.79. The van der Waals surface area contributed by atoms with Gasteiger partial charge < -0.3 is 30.2 Å². The summed E-state index contributed by atoms with van der Waals surface area (Å²) < 4.78 is 97.5. The molecule has 0 atom stereocenters. The summed E-state index contributed by atoms with van der Waals surface area (Å²) in [7, 11) is -11.9. The molecule has 1 fully saturated rings. The van der Waals surface area contributed by atoms with E-state index >= 15 is 0 Å². The Bertz CT molecular complexity index is 5030. The standard InChI is InChI=1S/C23H21ClN4O4S2.C15H19BN2O3S.C14H14BrClN2O3S.C13H10BrClN2O3S/c1-13(29)26-22-27-18-9-4-14(11-20(18)33-22)15-10-19(21(24)25-12-15)28-34(31,32)17-7-5-16(6-8-17)23(2,3)30;1-9(19)17-13-18-11-7-6-10(8-12(11)22-13)16-20-14(2,3)15(4,5)21-16;1-14(2,19)9-3-5-11(6-4-9)22(20,21)18-12-7-10(15)8-17-13(12)16;1-8(18)9-2-4-11(5-3-9)21(19,20)17-12-6-10(14)7-16-13(12)15/h4-12,28,30H,1-3H3,(H,26,27,29);6-8H,1-5H3,(H,17,18,19);3-8,18-19H,1-2H3;2-7,17H,1H3. The maximum atomic E-state index is 12.9. The maximum absolute atomic E-state index is 12.9. The van der Waals surface area contributed by atoms with Crippen molar-refractivity contribution in [3.05, 3.63) is 187 Å². The molecule has 7 N–H and O–H groups in total. The van der Waals surface area contributed by atoms with Gasteiger partial charge in [0, 0.05) is 52.5 Å². The summed E-state index contributed by atoms with van der Waals surface area (Å²) in [5.74, 6) is -0.454. The fraction of sp³-hybridized carbons (Fsp3) is 0.231. The Kier molecular flexibility index (Phi) is 24.3. The molecular formula is C65H64BBr2Cl3N10O13S5. The fourth-order valence-corrected chi connectivity index (χ4v) is 15.2. The number of aliphatic hydroxyl groups is 2. The predicted octanol–water partition coefficient (Wildman–Crippen LogP) is 14.6. The number of hydrogen-bond donors (Lipinski definition) is 7. The minimum absolute atomic E-state index is 0.00671. The van der Waals surface area contributed by atoms with Crippen molar-refractivity contribution in [1.29, 1.82) is 0 Å². The number of carbonyl (C=O) groups excluding carboxylic acids is 3. The summed E-state index contributed by atoms with van der Waals surface area (Å²) in [4.78, 5) is 54.3. The van der Waals surface area contributed by atoms with Gasteiger partial charge in [-0.1, -0.05) is 106 Å². The lowest BCUT2D eigenvalue weighted by molar-refractivity contribution is -0.115. The summed E-state index contributed by atoms with van der Waals surface area (Å²) in [6.45, 7) is 18.9. The molecule has 5 aromatic heterocycles. The highest BCUT2D eigenvalue weighted by Gasteiger charge is 2.51. The zero-order chi connectivity index (χ0) is 73.0. The maximum Gasteiger partial charge on any atom is 0.494 e. The van der Waals surface area contributed by atoms with Crippen LogP contribution in [0.25, 0.3) is 31.6 Å². The van der Waals surface area contributed by atoms with E-state index in [0.29, 0.717) is 41.5 Å². The third-order valence-electron chi connectivity index (χ3n) is 14.7. The molecule has 99 heavy (non-hydrogen) atoms. The average molecular weight is 1630 g/mol. The molecule has 520 valence electrons. The van der Waals surface area contributed by atoms with Gasteiger partial charge >= 0.3 is 7.12 Å². The van der Waals surface area contributed by atoms with Crippen molar-refractivity contribution < 1.29 is 59.2 Å². The molecule has 23 nitrogen and oxygen atoms in total. The molecule has 5 aromatic carbocycles. The number of fused-ring (bicyclic) bond motifs is 2. The number of nitrogens with one attached hydrogen (secondary N) is 5. The van der Waals surface area contributed by atoms with E-state index in [2.05, 4.69) is 81.6 Å². The van der Waals surface area contributed by atoms with Gasteiger partial charge in [-0.05, 0) is 195 Å². The molecular weight excluding hydrogens is 1570 g/mol. The van der Waals surface area contributed by atoms with Crippen LogP contribution in [-0.4, -0.2) is 96.3 Å². The van der Waals surface area contributed by atoms with Crippen LogP contribution in [0.4, 0.5) is 27.3 Å². The van der Waals surface area contributed by atoms with Crippen LogP contribution in [0.2, 0.25) is 15.5 Å². The third kappa shape index (κ3) is 20.4. The first-order valence-electron chi connectivity index (χ1n) is 29.3. The van der Waals surface area contributed by atoms with Crippen molar-refractivity contribution in [1.82, 2.24) is 24.9 Å². The smallest absolute Gasteiger partial charge is 0.399 e. The Morgan fingerprint density at radius 1 is 0.505 bits per heavy atom. The number of aromatic nitrogens is 5. The van der Waals surface area contributed by atoms with Crippen LogP contribution in [0.15, 0.2) is 170 Å². The first kappa shape index (κ1) is 77.7. The van der Waals surface area contributed by atoms with Gasteiger partial charge in [0.2, 0.25) is 11.8 Å². The zero-order valence-corrected chi connectivity index (χ0v) is 64.0. The van der Waals surface area contributed by atoms with Crippen LogP contribution in [0.1, 0.15) is 97.6 Å². The summed E-state index contributed by atoms with van der Waals surface area (Å²) in [5.41, 5.74) is 3.28. The Morgan fingerprint density at radius 2 is 0.869 bits per heavy atom. The van der Waals surface area contributed by atoms with E-state index in [-0.39, 0.29) is 83.1 Å². The Morgan fingerprint density at radius 3 is 1.25 bits per heavy atom. The number of anilines is 5. The first-order chi connectivity index (χ1) is 46.0. The minimum Gasteiger partial charge on any atom is -0.399 e. The van der Waals surface area contributed by atoms with E-state index in [1.165, 1.54) is 117 Å². The molecule has 0 radical (unpaired) electrons. The highest BCUT2D eigenvalue weighted by atomic mass is 79.9. The van der Waals surface area contributed by atoms with Gasteiger partial charge in [0.15, 0.2) is 31.5 Å². The third-order valence-corrected chi connectivity index (χ3v) is 22.5. The van der Waals surface area contributed by atoms with E-state index in [1.807, 2.05) is 64.1 Å². The highest BCUT2D eigenvalue weighted by molar-refractivity contribution is 9.10. The number of amides is 2. The topological polar surface area (TPSA) is 337 Å². The van der Waals surface area contributed by atoms with Crippen molar-refractivity contribution in [2.45, 2.75) is 113 Å². The number of hydrogen-bond acceptors (Lipinski definition) is 20. The van der Waals surface area contributed by atoms with Gasteiger partial charge in [-0.2, -0.15) is 0 Å². The van der Waals surface area contributed by atoms with Crippen molar-refractivity contribution in [2.75, 3.05) is 24.8 Å². The van der Waals surface area contributed by atoms with Crippen LogP contribution in [0, 0.1) is 0 Å². The summed E-state index contributed by atoms with van der Waals surface area (Å²) in [5, 5.41) is 26.6. The SMILES string of the molecule is CC(=O)Nc1nc2ccc(-c3cnc(Cl)c(NS(=O)(=O)c4ccc(C(C)(C)O)cc4)c3)cc2s1.CC(=O)Nc1nc2ccc(B3OC(C)(C)C(C)(C)O3)cc2s1.CC(=O)c1ccc(S(=O)(=O)Nc2cc(Br)cnc2Cl)cc1.CC(C)(O)c1ccc(S(=O)(=O)Nc2cc(Br)cnc2Cl)cc1. The Labute approximate surface area is 612 Å². The van der Waals surface area contributed by atoms with Crippen molar-refractivity contribution in [2.24, 2.45) is 0 Å². The van der Waals surface area contributed by atoms with Gasteiger partial charge in [-0.25, -0.2) is 50.2 Å². The molecule has 34 heteroatoms. The van der Waals surface area contributed by atoms with E-state index in [1.54, 1.807) is 64.2 Å². The number of Topliss-reactive ketones (excluding diaryl/α,β-unsaturated/α-hetero) is 1. The second-order valence-corrected chi connectivity index (χ2v) is 34.0. The molecule has 0 spiro atoms. The lowest BCUT2D eigenvalue weighted by Crippen LogP contribution is -2.41. The number of pyridine rings is 3. The van der Waals surface area contributed by atoms with Gasteiger partial charge in [0.1, 0.15) is 0 Å². The molecule has 1 aliphatic heterocycles. The van der Waals surface area contributed by atoms with Crippen molar-refractivity contribution in [3.8, 4) is 11.1 Å². The number of rotatable bonds is 16. The molecule has 0 aliphatic carbocycles. The quantitative estimate of drug-likeness (QED) is 0.0268.